The normalized spacial score (nSPS) is 12.7. The Bertz CT molecular complexity index is 748. The number of benzene rings is 2. The van der Waals surface area contributed by atoms with Gasteiger partial charge >= 0.3 is 12.0 Å². The molecule has 0 heterocycles. The first-order valence-corrected chi connectivity index (χ1v) is 8.44. The van der Waals surface area contributed by atoms with E-state index in [0.717, 1.165) is 5.56 Å². The van der Waals surface area contributed by atoms with Gasteiger partial charge in [0, 0.05) is 13.6 Å². The average Bonchev–Trinajstić information content (AvgIpc) is 2.63. The van der Waals surface area contributed by atoms with Crippen molar-refractivity contribution in [3.63, 3.8) is 0 Å². The summed E-state index contributed by atoms with van der Waals surface area (Å²) in [6, 6.07) is 16.6. The fraction of sp³-hybridized carbons (Fsp3) is 0.300. The summed E-state index contributed by atoms with van der Waals surface area (Å²) in [5.41, 5.74) is 1.57. The van der Waals surface area contributed by atoms with Crippen molar-refractivity contribution in [1.82, 2.24) is 4.90 Å². The first kappa shape index (κ1) is 19.3. The molecule has 0 aliphatic carbocycles. The molecule has 0 aliphatic rings. The molecule has 2 atom stereocenters. The van der Waals surface area contributed by atoms with E-state index in [1.165, 1.54) is 4.90 Å². The molecule has 0 aliphatic heterocycles. The quantitative estimate of drug-likeness (QED) is 0.786. The Kier molecular flexibility index (Phi) is 6.60. The minimum absolute atomic E-state index is 0.116. The van der Waals surface area contributed by atoms with Gasteiger partial charge in [0.05, 0.1) is 11.6 Å². The number of anilines is 1. The van der Waals surface area contributed by atoms with E-state index in [9.17, 15) is 9.59 Å². The second kappa shape index (κ2) is 8.89. The zero-order chi connectivity index (χ0) is 19.1. The molecule has 2 aromatic rings. The van der Waals surface area contributed by atoms with Gasteiger partial charge in [-0.15, -0.1) is 0 Å². The topological polar surface area (TPSA) is 78.9 Å². The van der Waals surface area contributed by atoms with Crippen LogP contribution in [0.2, 0.25) is 0 Å². The smallest absolute Gasteiger partial charge is 0.321 e. The number of aliphatic carboxylic acids is 1. The monoisotopic (exact) mass is 356 g/mol. The van der Waals surface area contributed by atoms with Crippen molar-refractivity contribution >= 4 is 17.7 Å². The zero-order valence-electron chi connectivity index (χ0n) is 15.2. The van der Waals surface area contributed by atoms with Gasteiger partial charge in [-0.05, 0) is 24.6 Å². The fourth-order valence-electron chi connectivity index (χ4n) is 2.44. The van der Waals surface area contributed by atoms with E-state index < -0.39 is 11.9 Å². The highest BCUT2D eigenvalue weighted by molar-refractivity contribution is 5.91. The molecule has 2 rings (SSSR count). The second-order valence-corrected chi connectivity index (χ2v) is 6.22. The van der Waals surface area contributed by atoms with Crippen LogP contribution < -0.4 is 10.1 Å². The number of carbonyl (C=O) groups is 2. The van der Waals surface area contributed by atoms with Gasteiger partial charge in [0.25, 0.3) is 0 Å². The van der Waals surface area contributed by atoms with Gasteiger partial charge in [-0.2, -0.15) is 0 Å². The number of amides is 2. The van der Waals surface area contributed by atoms with Gasteiger partial charge in [-0.1, -0.05) is 49.4 Å². The highest BCUT2D eigenvalue weighted by Crippen LogP contribution is 2.29. The molecule has 0 saturated heterocycles. The predicted molar refractivity (Wildman–Crippen MR) is 100 cm³/mol. The lowest BCUT2D eigenvalue weighted by atomic mass is 10.1. The highest BCUT2D eigenvalue weighted by Gasteiger charge is 2.19. The van der Waals surface area contributed by atoms with Crippen LogP contribution in [0.3, 0.4) is 0 Å². The van der Waals surface area contributed by atoms with Crippen molar-refractivity contribution in [2.24, 2.45) is 5.92 Å². The van der Waals surface area contributed by atoms with Crippen molar-refractivity contribution in [2.75, 3.05) is 18.9 Å². The molecule has 0 fully saturated rings. The van der Waals surface area contributed by atoms with Crippen LogP contribution in [0.1, 0.15) is 25.5 Å². The lowest BCUT2D eigenvalue weighted by Crippen LogP contribution is -2.36. The SMILES string of the molecule is CC(CN(C)C(=O)Nc1ccccc1OC(C)c1ccccc1)C(=O)O. The van der Waals surface area contributed by atoms with Crippen LogP contribution in [0.4, 0.5) is 10.5 Å². The van der Waals surface area contributed by atoms with Crippen molar-refractivity contribution in [1.29, 1.82) is 0 Å². The summed E-state index contributed by atoms with van der Waals surface area (Å²) in [5.74, 6) is -1.03. The molecule has 0 aromatic heterocycles. The second-order valence-electron chi connectivity index (χ2n) is 6.22. The standard InChI is InChI=1S/C20H24N2O4/c1-14(19(23)24)13-22(3)20(25)21-17-11-7-8-12-18(17)26-15(2)16-9-5-4-6-10-16/h4-12,14-15H,13H2,1-3H3,(H,21,25)(H,23,24). The average molecular weight is 356 g/mol. The van der Waals surface area contributed by atoms with Crippen molar-refractivity contribution in [2.45, 2.75) is 20.0 Å². The van der Waals surface area contributed by atoms with Crippen LogP contribution in [0.25, 0.3) is 0 Å². The van der Waals surface area contributed by atoms with E-state index in [1.807, 2.05) is 43.3 Å². The molecule has 0 saturated carbocycles. The van der Waals surface area contributed by atoms with E-state index in [2.05, 4.69) is 5.32 Å². The predicted octanol–water partition coefficient (Wildman–Crippen LogP) is 4.01. The Morgan fingerprint density at radius 1 is 1.08 bits per heavy atom. The Balaban J connectivity index is 2.06. The number of rotatable bonds is 7. The van der Waals surface area contributed by atoms with E-state index in [1.54, 1.807) is 32.2 Å². The number of hydrogen-bond donors (Lipinski definition) is 2. The summed E-state index contributed by atoms with van der Waals surface area (Å²) < 4.78 is 6.00. The molecule has 6 nitrogen and oxygen atoms in total. The van der Waals surface area contributed by atoms with Gasteiger partial charge in [-0.3, -0.25) is 4.79 Å². The number of carboxylic acids is 1. The highest BCUT2D eigenvalue weighted by atomic mass is 16.5. The Morgan fingerprint density at radius 2 is 1.69 bits per heavy atom. The number of ether oxygens (including phenoxy) is 1. The van der Waals surface area contributed by atoms with Crippen molar-refractivity contribution < 1.29 is 19.4 Å². The molecule has 2 aromatic carbocycles. The van der Waals surface area contributed by atoms with Crippen LogP contribution in [0.5, 0.6) is 5.75 Å². The summed E-state index contributed by atoms with van der Waals surface area (Å²) in [5, 5.41) is 11.8. The largest absolute Gasteiger partial charge is 0.484 e. The molecule has 2 amide bonds. The molecule has 2 unspecified atom stereocenters. The fourth-order valence-corrected chi connectivity index (χ4v) is 2.44. The van der Waals surface area contributed by atoms with E-state index >= 15 is 0 Å². The minimum atomic E-state index is -0.940. The third kappa shape index (κ3) is 5.24. The molecule has 6 heteroatoms. The van der Waals surface area contributed by atoms with Gasteiger partial charge in [0.2, 0.25) is 0 Å². The first-order chi connectivity index (χ1) is 12.4. The first-order valence-electron chi connectivity index (χ1n) is 8.44. The summed E-state index contributed by atoms with van der Waals surface area (Å²) in [6.45, 7) is 3.61. The molecule has 0 spiro atoms. The van der Waals surface area contributed by atoms with Crippen molar-refractivity contribution in [3.05, 3.63) is 60.2 Å². The minimum Gasteiger partial charge on any atom is -0.484 e. The number of nitrogens with zero attached hydrogens (tertiary/aromatic N) is 1. The molecular weight excluding hydrogens is 332 g/mol. The third-order valence-electron chi connectivity index (χ3n) is 4.02. The third-order valence-corrected chi connectivity index (χ3v) is 4.02. The van der Waals surface area contributed by atoms with Crippen LogP contribution in [-0.4, -0.2) is 35.6 Å². The molecule has 0 radical (unpaired) electrons. The van der Waals surface area contributed by atoms with E-state index in [0.29, 0.717) is 11.4 Å². The summed E-state index contributed by atoms with van der Waals surface area (Å²) in [4.78, 5) is 24.6. The summed E-state index contributed by atoms with van der Waals surface area (Å²) >= 11 is 0. The number of nitrogens with one attached hydrogen (secondary N) is 1. The Hall–Kier alpha value is -3.02. The van der Waals surface area contributed by atoms with Crippen LogP contribution in [0.15, 0.2) is 54.6 Å². The Labute approximate surface area is 153 Å². The number of para-hydroxylation sites is 2. The van der Waals surface area contributed by atoms with Crippen LogP contribution in [-0.2, 0) is 4.79 Å². The molecular formula is C20H24N2O4. The van der Waals surface area contributed by atoms with Crippen LogP contribution >= 0.6 is 0 Å². The maximum Gasteiger partial charge on any atom is 0.321 e. The molecule has 0 bridgehead atoms. The van der Waals surface area contributed by atoms with E-state index in [-0.39, 0.29) is 18.7 Å². The van der Waals surface area contributed by atoms with Gasteiger partial charge in [-0.25, -0.2) is 4.79 Å². The lowest BCUT2D eigenvalue weighted by molar-refractivity contribution is -0.141. The number of hydrogen-bond acceptors (Lipinski definition) is 3. The van der Waals surface area contributed by atoms with Crippen LogP contribution in [0, 0.1) is 5.92 Å². The van der Waals surface area contributed by atoms with Gasteiger partial charge in [0.1, 0.15) is 11.9 Å². The van der Waals surface area contributed by atoms with E-state index in [4.69, 9.17) is 9.84 Å². The number of urea groups is 1. The van der Waals surface area contributed by atoms with Gasteiger partial charge < -0.3 is 20.1 Å². The number of carbonyl (C=O) groups excluding carboxylic acids is 1. The Morgan fingerprint density at radius 3 is 2.35 bits per heavy atom. The summed E-state index contributed by atoms with van der Waals surface area (Å²) in [6.07, 6.45) is -0.181. The van der Waals surface area contributed by atoms with Crippen molar-refractivity contribution in [3.8, 4) is 5.75 Å². The molecule has 138 valence electrons. The summed E-state index contributed by atoms with van der Waals surface area (Å²) in [7, 11) is 1.56. The lowest BCUT2D eigenvalue weighted by Gasteiger charge is -2.22. The number of carboxylic acid groups (broad SMARTS) is 1. The van der Waals surface area contributed by atoms with Gasteiger partial charge in [0.15, 0.2) is 0 Å². The molecule has 2 N–H and O–H groups in total. The molecule has 26 heavy (non-hydrogen) atoms. The maximum absolute atomic E-state index is 12.3. The maximum atomic E-state index is 12.3. The zero-order valence-corrected chi connectivity index (χ0v) is 15.2.